The molecule has 176 valence electrons. The third-order valence-electron chi connectivity index (χ3n) is 5.57. The van der Waals surface area contributed by atoms with E-state index < -0.39 is 29.4 Å². The average Bonchev–Trinajstić information content (AvgIpc) is 3.15. The summed E-state index contributed by atoms with van der Waals surface area (Å²) < 4.78 is 20.3. The molecule has 0 spiro atoms. The minimum atomic E-state index is -0.935. The standard InChI is InChI=1S/C23H28N4O6/c1-4-6-12-27-20-18(21(28)25-23(27)30)26(11-5-2)17(24-20)13-31-22(29)19-14(3)32-15-9-7-8-10-16(15)33-19/h7-10,14,19H,4-6,11-13H2,1-3H3,(H,25,28,30). The molecule has 2 atom stereocenters. The fourth-order valence-electron chi connectivity index (χ4n) is 3.91. The van der Waals surface area contributed by atoms with Crippen molar-refractivity contribution in [2.45, 2.75) is 71.9 Å². The Hall–Kier alpha value is -3.56. The lowest BCUT2D eigenvalue weighted by atomic mass is 10.2. The molecule has 2 aromatic heterocycles. The van der Waals surface area contributed by atoms with Crippen LogP contribution in [-0.2, 0) is 29.2 Å². The molecule has 0 fully saturated rings. The third-order valence-corrected chi connectivity index (χ3v) is 5.57. The van der Waals surface area contributed by atoms with E-state index in [9.17, 15) is 14.4 Å². The van der Waals surface area contributed by atoms with Crippen molar-refractivity contribution in [3.05, 3.63) is 50.9 Å². The van der Waals surface area contributed by atoms with E-state index in [-0.39, 0.29) is 6.61 Å². The Morgan fingerprint density at radius 1 is 1.09 bits per heavy atom. The van der Waals surface area contributed by atoms with Crippen LogP contribution in [0, 0.1) is 0 Å². The molecule has 3 aromatic rings. The van der Waals surface area contributed by atoms with Crippen LogP contribution < -0.4 is 20.7 Å². The van der Waals surface area contributed by atoms with Gasteiger partial charge >= 0.3 is 11.7 Å². The van der Waals surface area contributed by atoms with E-state index >= 15 is 0 Å². The maximum atomic E-state index is 12.8. The molecule has 33 heavy (non-hydrogen) atoms. The van der Waals surface area contributed by atoms with E-state index in [4.69, 9.17) is 14.2 Å². The quantitative estimate of drug-likeness (QED) is 0.517. The normalized spacial score (nSPS) is 17.3. The Bertz CT molecular complexity index is 1270. The van der Waals surface area contributed by atoms with Crippen molar-refractivity contribution in [2.24, 2.45) is 0 Å². The van der Waals surface area contributed by atoms with Gasteiger partial charge in [-0.2, -0.15) is 0 Å². The average molecular weight is 456 g/mol. The van der Waals surface area contributed by atoms with Crippen LogP contribution in [0.2, 0.25) is 0 Å². The first-order valence-corrected chi connectivity index (χ1v) is 11.3. The molecule has 0 amide bonds. The van der Waals surface area contributed by atoms with Crippen molar-refractivity contribution < 1.29 is 19.0 Å². The smallest absolute Gasteiger partial charge is 0.351 e. The maximum absolute atomic E-state index is 12.8. The molecule has 3 heterocycles. The van der Waals surface area contributed by atoms with Crippen LogP contribution in [0.15, 0.2) is 33.9 Å². The molecule has 10 heteroatoms. The highest BCUT2D eigenvalue weighted by Crippen LogP contribution is 2.33. The molecule has 0 aliphatic carbocycles. The van der Waals surface area contributed by atoms with Gasteiger partial charge in [0.05, 0.1) is 0 Å². The van der Waals surface area contributed by atoms with E-state index in [0.29, 0.717) is 41.6 Å². The fourth-order valence-corrected chi connectivity index (χ4v) is 3.91. The number of aromatic amines is 1. The van der Waals surface area contributed by atoms with Crippen LogP contribution in [0.5, 0.6) is 11.5 Å². The number of H-pyrrole nitrogens is 1. The summed E-state index contributed by atoms with van der Waals surface area (Å²) >= 11 is 0. The number of hydrogen-bond donors (Lipinski definition) is 1. The minimum Gasteiger partial charge on any atom is -0.482 e. The summed E-state index contributed by atoms with van der Waals surface area (Å²) in [6.07, 6.45) is 0.911. The molecule has 10 nitrogen and oxygen atoms in total. The molecule has 1 N–H and O–H groups in total. The predicted molar refractivity (Wildman–Crippen MR) is 121 cm³/mol. The second-order valence-electron chi connectivity index (χ2n) is 8.03. The van der Waals surface area contributed by atoms with Crippen LogP contribution in [-0.4, -0.2) is 37.3 Å². The molecule has 1 aromatic carbocycles. The number of aryl methyl sites for hydroxylation is 2. The second kappa shape index (κ2) is 9.51. The monoisotopic (exact) mass is 456 g/mol. The molecule has 0 saturated carbocycles. The summed E-state index contributed by atoms with van der Waals surface area (Å²) in [4.78, 5) is 44.7. The zero-order valence-corrected chi connectivity index (χ0v) is 19.0. The summed E-state index contributed by atoms with van der Waals surface area (Å²) in [6.45, 7) is 6.49. The highest BCUT2D eigenvalue weighted by atomic mass is 16.6. The lowest BCUT2D eigenvalue weighted by Crippen LogP contribution is -2.44. The van der Waals surface area contributed by atoms with Crippen molar-refractivity contribution >= 4 is 17.1 Å². The van der Waals surface area contributed by atoms with Crippen LogP contribution >= 0.6 is 0 Å². The first kappa shape index (κ1) is 22.6. The molecule has 2 unspecified atom stereocenters. The van der Waals surface area contributed by atoms with Gasteiger partial charge in [-0.15, -0.1) is 0 Å². The van der Waals surface area contributed by atoms with Crippen LogP contribution in [0.3, 0.4) is 0 Å². The van der Waals surface area contributed by atoms with Crippen molar-refractivity contribution in [3.63, 3.8) is 0 Å². The van der Waals surface area contributed by atoms with Gasteiger partial charge in [0.15, 0.2) is 22.7 Å². The molecule has 0 bridgehead atoms. The van der Waals surface area contributed by atoms with Gasteiger partial charge in [0.2, 0.25) is 6.10 Å². The fraction of sp³-hybridized carbons (Fsp3) is 0.478. The Kier molecular flexibility index (Phi) is 6.52. The van der Waals surface area contributed by atoms with Crippen molar-refractivity contribution in [3.8, 4) is 11.5 Å². The van der Waals surface area contributed by atoms with Crippen molar-refractivity contribution in [2.75, 3.05) is 0 Å². The Morgan fingerprint density at radius 3 is 2.52 bits per heavy atom. The number of benzene rings is 1. The maximum Gasteiger partial charge on any atom is 0.351 e. The number of nitrogens with one attached hydrogen (secondary N) is 1. The molecular formula is C23H28N4O6. The lowest BCUT2D eigenvalue weighted by molar-refractivity contribution is -0.159. The number of fused-ring (bicyclic) bond motifs is 2. The van der Waals surface area contributed by atoms with E-state index in [1.54, 1.807) is 29.7 Å². The topological polar surface area (TPSA) is 117 Å². The summed E-state index contributed by atoms with van der Waals surface area (Å²) in [6, 6.07) is 7.12. The number of unbranched alkanes of at least 4 members (excludes halogenated alkanes) is 1. The molecule has 1 aliphatic rings. The molecule has 1 aliphatic heterocycles. The van der Waals surface area contributed by atoms with Crippen LogP contribution in [0.25, 0.3) is 11.2 Å². The number of rotatable bonds is 8. The highest BCUT2D eigenvalue weighted by Gasteiger charge is 2.35. The van der Waals surface area contributed by atoms with Gasteiger partial charge in [0.25, 0.3) is 5.56 Å². The van der Waals surface area contributed by atoms with Crippen molar-refractivity contribution in [1.29, 1.82) is 0 Å². The number of nitrogens with zero attached hydrogens (tertiary/aromatic N) is 3. The predicted octanol–water partition coefficient (Wildman–Crippen LogP) is 2.37. The molecule has 4 rings (SSSR count). The van der Waals surface area contributed by atoms with Gasteiger partial charge in [-0.3, -0.25) is 14.3 Å². The lowest BCUT2D eigenvalue weighted by Gasteiger charge is -2.30. The summed E-state index contributed by atoms with van der Waals surface area (Å²) in [5.74, 6) is 0.848. The highest BCUT2D eigenvalue weighted by molar-refractivity contribution is 5.77. The first-order chi connectivity index (χ1) is 15.9. The van der Waals surface area contributed by atoms with Gasteiger partial charge in [0.1, 0.15) is 18.5 Å². The van der Waals surface area contributed by atoms with Gasteiger partial charge in [-0.05, 0) is 31.9 Å². The number of hydrogen-bond acceptors (Lipinski definition) is 7. The van der Waals surface area contributed by atoms with Gasteiger partial charge in [-0.1, -0.05) is 32.4 Å². The number of para-hydroxylation sites is 2. The van der Waals surface area contributed by atoms with Crippen LogP contribution in [0.4, 0.5) is 0 Å². The SMILES string of the molecule is CCCCn1c(=O)[nH]c(=O)c2c1nc(COC(=O)C1Oc3ccccc3OC1C)n2CCC. The molecule has 0 radical (unpaired) electrons. The van der Waals surface area contributed by atoms with Crippen LogP contribution in [0.1, 0.15) is 45.9 Å². The summed E-state index contributed by atoms with van der Waals surface area (Å²) in [5, 5.41) is 0. The van der Waals surface area contributed by atoms with E-state index in [1.807, 2.05) is 19.9 Å². The zero-order valence-electron chi connectivity index (χ0n) is 19.0. The van der Waals surface area contributed by atoms with E-state index in [2.05, 4.69) is 9.97 Å². The Morgan fingerprint density at radius 2 is 1.82 bits per heavy atom. The van der Waals surface area contributed by atoms with Gasteiger partial charge < -0.3 is 18.8 Å². The number of aromatic nitrogens is 4. The summed E-state index contributed by atoms with van der Waals surface area (Å²) in [5.41, 5.74) is -0.393. The third kappa shape index (κ3) is 4.37. The number of carbonyl (C=O) groups excluding carboxylic acids is 1. The molecular weight excluding hydrogens is 428 g/mol. The number of esters is 1. The Balaban J connectivity index is 1.61. The number of carbonyl (C=O) groups is 1. The molecule has 0 saturated heterocycles. The first-order valence-electron chi connectivity index (χ1n) is 11.3. The second-order valence-corrected chi connectivity index (χ2v) is 8.03. The summed E-state index contributed by atoms with van der Waals surface area (Å²) in [7, 11) is 0. The number of ether oxygens (including phenoxy) is 3. The van der Waals surface area contributed by atoms with Gasteiger partial charge in [0, 0.05) is 13.1 Å². The number of imidazole rings is 1. The van der Waals surface area contributed by atoms with E-state index in [1.165, 1.54) is 4.57 Å². The largest absolute Gasteiger partial charge is 0.482 e. The van der Waals surface area contributed by atoms with Gasteiger partial charge in [-0.25, -0.2) is 14.6 Å². The van der Waals surface area contributed by atoms with E-state index in [0.717, 1.165) is 19.3 Å². The Labute approximate surface area is 190 Å². The minimum absolute atomic E-state index is 0.164. The zero-order chi connectivity index (χ0) is 23.5. The van der Waals surface area contributed by atoms with Crippen molar-refractivity contribution in [1.82, 2.24) is 19.1 Å².